The predicted molar refractivity (Wildman–Crippen MR) is 66.0 cm³/mol. The summed E-state index contributed by atoms with van der Waals surface area (Å²) in [4.78, 5) is 17.3. The van der Waals surface area contributed by atoms with Crippen LogP contribution in [0.15, 0.2) is 18.3 Å². The van der Waals surface area contributed by atoms with E-state index in [1.165, 1.54) is 23.2 Å². The molecular weight excluding hydrogens is 252 g/mol. The van der Waals surface area contributed by atoms with Crippen LogP contribution in [0.25, 0.3) is 0 Å². The van der Waals surface area contributed by atoms with Gasteiger partial charge in [-0.1, -0.05) is 0 Å². The smallest absolute Gasteiger partial charge is 0.259 e. The molecule has 1 amide bonds. The minimum Gasteiger partial charge on any atom is -0.351 e. The summed E-state index contributed by atoms with van der Waals surface area (Å²) in [6, 6.07) is 2.89. The molecule has 0 radical (unpaired) electrons. The number of carbonyl (C=O) groups is 1. The molecule has 102 valence electrons. The third-order valence-electron chi connectivity index (χ3n) is 3.58. The lowest BCUT2D eigenvalue weighted by Gasteiger charge is -2.21. The molecule has 2 fully saturated rings. The van der Waals surface area contributed by atoms with E-state index in [0.29, 0.717) is 6.54 Å². The maximum Gasteiger partial charge on any atom is 0.259 e. The summed E-state index contributed by atoms with van der Waals surface area (Å²) in [7, 11) is 0. The van der Waals surface area contributed by atoms with E-state index in [4.69, 9.17) is 0 Å². The molecule has 0 bridgehead atoms. The quantitative estimate of drug-likeness (QED) is 0.901. The van der Waals surface area contributed by atoms with Gasteiger partial charge in [0.05, 0.1) is 6.54 Å². The van der Waals surface area contributed by atoms with Crippen molar-refractivity contribution in [2.45, 2.75) is 31.0 Å². The monoisotopic (exact) mass is 267 g/mol. The fraction of sp³-hybridized carbons (Fsp3) is 0.538. The molecule has 4 nitrogen and oxygen atoms in total. The second-order valence-corrected chi connectivity index (χ2v) is 5.19. The van der Waals surface area contributed by atoms with E-state index in [0.717, 1.165) is 12.8 Å². The average Bonchev–Trinajstić information content (AvgIpc) is 3.11. The number of rotatable bonds is 3. The Hall–Kier alpha value is -1.72. The van der Waals surface area contributed by atoms with Gasteiger partial charge in [0.25, 0.3) is 5.91 Å². The maximum atomic E-state index is 14.6. The van der Waals surface area contributed by atoms with E-state index in [1.807, 2.05) is 0 Å². The van der Waals surface area contributed by atoms with Gasteiger partial charge in [0, 0.05) is 25.2 Å². The minimum atomic E-state index is -1.94. The Morgan fingerprint density at radius 2 is 2.32 bits per heavy atom. The highest BCUT2D eigenvalue weighted by molar-refractivity contribution is 5.87. The molecule has 1 aliphatic heterocycles. The van der Waals surface area contributed by atoms with Crippen molar-refractivity contribution in [2.75, 3.05) is 18.0 Å². The first-order valence-corrected chi connectivity index (χ1v) is 6.44. The number of anilines is 1. The third kappa shape index (κ3) is 2.39. The topological polar surface area (TPSA) is 45.2 Å². The highest BCUT2D eigenvalue weighted by Gasteiger charge is 2.47. The number of pyridine rings is 1. The van der Waals surface area contributed by atoms with Crippen LogP contribution in [0, 0.1) is 5.82 Å². The molecule has 1 atom stereocenters. The largest absolute Gasteiger partial charge is 0.351 e. The van der Waals surface area contributed by atoms with E-state index in [2.05, 4.69) is 10.3 Å². The Kier molecular flexibility index (Phi) is 2.88. The fourth-order valence-corrected chi connectivity index (χ4v) is 2.29. The van der Waals surface area contributed by atoms with Crippen molar-refractivity contribution >= 4 is 11.7 Å². The van der Waals surface area contributed by atoms with Crippen LogP contribution in [0.5, 0.6) is 0 Å². The Bertz CT molecular complexity index is 506. The summed E-state index contributed by atoms with van der Waals surface area (Å²) in [5, 5.41) is 2.67. The van der Waals surface area contributed by atoms with Crippen molar-refractivity contribution in [3.8, 4) is 0 Å². The van der Waals surface area contributed by atoms with E-state index in [-0.39, 0.29) is 24.8 Å². The Morgan fingerprint density at radius 1 is 1.53 bits per heavy atom. The number of nitrogens with one attached hydrogen (secondary N) is 1. The predicted octanol–water partition coefficient (Wildman–Crippen LogP) is 1.42. The molecule has 3 rings (SSSR count). The SMILES string of the molecule is O=C(NC1CC1)C1(F)CCN(c2ncccc2F)C1. The number of hydrogen-bond acceptors (Lipinski definition) is 3. The highest BCUT2D eigenvalue weighted by Crippen LogP contribution is 2.31. The van der Waals surface area contributed by atoms with Gasteiger partial charge in [0.15, 0.2) is 11.6 Å². The number of nitrogens with zero attached hydrogens (tertiary/aromatic N) is 2. The molecule has 1 N–H and O–H groups in total. The number of alkyl halides is 1. The number of halogens is 2. The maximum absolute atomic E-state index is 14.6. The number of aromatic nitrogens is 1. The summed E-state index contributed by atoms with van der Waals surface area (Å²) in [6.07, 6.45) is 3.36. The molecule has 0 aromatic carbocycles. The number of hydrogen-bond donors (Lipinski definition) is 1. The second kappa shape index (κ2) is 4.43. The van der Waals surface area contributed by atoms with Crippen LogP contribution >= 0.6 is 0 Å². The van der Waals surface area contributed by atoms with Crippen LogP contribution in [-0.4, -0.2) is 35.7 Å². The van der Waals surface area contributed by atoms with Crippen molar-refractivity contribution in [1.29, 1.82) is 0 Å². The molecule has 6 heteroatoms. The molecule has 1 aliphatic carbocycles. The minimum absolute atomic E-state index is 0.0710. The lowest BCUT2D eigenvalue weighted by molar-refractivity contribution is -0.131. The van der Waals surface area contributed by atoms with Gasteiger partial charge in [0.1, 0.15) is 0 Å². The van der Waals surface area contributed by atoms with Crippen molar-refractivity contribution in [2.24, 2.45) is 0 Å². The van der Waals surface area contributed by atoms with Crippen molar-refractivity contribution < 1.29 is 13.6 Å². The van der Waals surface area contributed by atoms with E-state index < -0.39 is 17.4 Å². The van der Waals surface area contributed by atoms with Crippen LogP contribution < -0.4 is 10.2 Å². The van der Waals surface area contributed by atoms with Gasteiger partial charge in [-0.15, -0.1) is 0 Å². The lowest BCUT2D eigenvalue weighted by atomic mass is 10.1. The molecule has 1 aromatic heterocycles. The van der Waals surface area contributed by atoms with Crippen molar-refractivity contribution in [3.63, 3.8) is 0 Å². The first kappa shape index (κ1) is 12.3. The summed E-state index contributed by atoms with van der Waals surface area (Å²) >= 11 is 0. The Balaban J connectivity index is 1.72. The summed E-state index contributed by atoms with van der Waals surface area (Å²) < 4.78 is 28.1. The van der Waals surface area contributed by atoms with Crippen molar-refractivity contribution in [3.05, 3.63) is 24.1 Å². The van der Waals surface area contributed by atoms with Gasteiger partial charge in [-0.3, -0.25) is 4.79 Å². The molecule has 19 heavy (non-hydrogen) atoms. The van der Waals surface area contributed by atoms with Crippen LogP contribution in [-0.2, 0) is 4.79 Å². The van der Waals surface area contributed by atoms with E-state index in [9.17, 15) is 13.6 Å². The summed E-state index contributed by atoms with van der Waals surface area (Å²) in [5.41, 5.74) is -1.94. The molecule has 1 unspecified atom stereocenters. The fourth-order valence-electron chi connectivity index (χ4n) is 2.29. The van der Waals surface area contributed by atoms with Gasteiger partial charge in [-0.05, 0) is 25.0 Å². The third-order valence-corrected chi connectivity index (χ3v) is 3.58. The van der Waals surface area contributed by atoms with Gasteiger partial charge in [0.2, 0.25) is 5.67 Å². The lowest BCUT2D eigenvalue weighted by Crippen LogP contribution is -2.46. The molecule has 2 heterocycles. The second-order valence-electron chi connectivity index (χ2n) is 5.19. The highest BCUT2D eigenvalue weighted by atomic mass is 19.1. The van der Waals surface area contributed by atoms with Gasteiger partial charge >= 0.3 is 0 Å². The Morgan fingerprint density at radius 3 is 3.00 bits per heavy atom. The zero-order chi connectivity index (χ0) is 13.5. The van der Waals surface area contributed by atoms with Crippen LogP contribution in [0.3, 0.4) is 0 Å². The van der Waals surface area contributed by atoms with Crippen LogP contribution in [0.1, 0.15) is 19.3 Å². The molecule has 1 saturated heterocycles. The van der Waals surface area contributed by atoms with E-state index >= 15 is 0 Å². The molecule has 0 spiro atoms. The zero-order valence-corrected chi connectivity index (χ0v) is 10.4. The summed E-state index contributed by atoms with van der Waals surface area (Å²) in [6.45, 7) is 0.155. The normalized spacial score (nSPS) is 26.5. The van der Waals surface area contributed by atoms with Crippen molar-refractivity contribution in [1.82, 2.24) is 10.3 Å². The number of carbonyl (C=O) groups excluding carboxylic acids is 1. The number of amides is 1. The Labute approximate surface area is 109 Å². The first-order valence-electron chi connectivity index (χ1n) is 6.44. The molecule has 2 aliphatic rings. The van der Waals surface area contributed by atoms with Crippen LogP contribution in [0.2, 0.25) is 0 Å². The van der Waals surface area contributed by atoms with E-state index in [1.54, 1.807) is 0 Å². The van der Waals surface area contributed by atoms with Gasteiger partial charge < -0.3 is 10.2 Å². The van der Waals surface area contributed by atoms with Gasteiger partial charge in [-0.25, -0.2) is 13.8 Å². The molecular formula is C13H15F2N3O. The molecule has 1 aromatic rings. The first-order chi connectivity index (χ1) is 9.08. The van der Waals surface area contributed by atoms with Gasteiger partial charge in [-0.2, -0.15) is 0 Å². The molecule has 1 saturated carbocycles. The zero-order valence-electron chi connectivity index (χ0n) is 10.4. The standard InChI is InChI=1S/C13H15F2N3O/c14-10-2-1-6-16-11(10)18-7-5-13(15,8-18)12(19)17-9-3-4-9/h1-2,6,9H,3-5,7-8H2,(H,17,19). The van der Waals surface area contributed by atoms with Crippen LogP contribution in [0.4, 0.5) is 14.6 Å². The summed E-state index contributed by atoms with van der Waals surface area (Å²) in [5.74, 6) is -0.954. The average molecular weight is 267 g/mol.